The molecule has 0 spiro atoms. The van der Waals surface area contributed by atoms with E-state index in [-0.39, 0.29) is 5.56 Å². The fourth-order valence-electron chi connectivity index (χ4n) is 1.20. The molecule has 0 aliphatic heterocycles. The number of hydrogen-bond acceptors (Lipinski definition) is 4. The molecule has 0 radical (unpaired) electrons. The summed E-state index contributed by atoms with van der Waals surface area (Å²) in [5, 5.41) is 18.4. The molecule has 0 aliphatic carbocycles. The molecular weight excluding hydrogens is 262 g/mol. The van der Waals surface area contributed by atoms with Gasteiger partial charge in [-0.2, -0.15) is 0 Å². The fourth-order valence-corrected chi connectivity index (χ4v) is 1.53. The Bertz CT molecular complexity index is 385. The van der Waals surface area contributed by atoms with E-state index in [0.717, 1.165) is 6.92 Å². The summed E-state index contributed by atoms with van der Waals surface area (Å²) in [5.74, 6) is -3.10. The van der Waals surface area contributed by atoms with Crippen LogP contribution in [-0.2, 0) is 6.42 Å². The smallest absolute Gasteiger partial charge is 0.225 e. The van der Waals surface area contributed by atoms with Crippen molar-refractivity contribution in [2.45, 2.75) is 26.1 Å². The Kier molecular flexibility index (Phi) is 3.59. The van der Waals surface area contributed by atoms with Gasteiger partial charge in [0, 0.05) is 16.2 Å². The molecule has 15 heavy (non-hydrogen) atoms. The molecule has 0 aromatic carbocycles. The van der Waals surface area contributed by atoms with Crippen LogP contribution in [0.25, 0.3) is 0 Å². The number of nitrogens with zero attached hydrogens (tertiary/aromatic N) is 1. The van der Waals surface area contributed by atoms with Gasteiger partial charge in [-0.05, 0) is 35.3 Å². The second kappa shape index (κ2) is 4.38. The van der Waals surface area contributed by atoms with E-state index in [1.165, 1.54) is 0 Å². The number of hydrogen-bond donors (Lipinski definition) is 2. The lowest BCUT2D eigenvalue weighted by molar-refractivity contribution is -0.106. The first-order chi connectivity index (χ1) is 6.86. The minimum atomic E-state index is -2.35. The minimum absolute atomic E-state index is 0.236. The maximum absolute atomic E-state index is 11.6. The van der Waals surface area contributed by atoms with Crippen molar-refractivity contribution in [3.63, 3.8) is 0 Å². The zero-order chi connectivity index (χ0) is 11.6. The van der Waals surface area contributed by atoms with Gasteiger partial charge in [-0.25, -0.2) is 0 Å². The van der Waals surface area contributed by atoms with Gasteiger partial charge in [-0.1, -0.05) is 6.92 Å². The van der Waals surface area contributed by atoms with Crippen molar-refractivity contribution in [1.29, 1.82) is 0 Å². The van der Waals surface area contributed by atoms with E-state index in [1.807, 2.05) is 6.92 Å². The summed E-state index contributed by atoms with van der Waals surface area (Å²) in [5.41, 5.74) is 0.789. The maximum Gasteiger partial charge on any atom is 0.225 e. The lowest BCUT2D eigenvalue weighted by Gasteiger charge is -2.15. The number of aryl methyl sites for hydroxylation is 1. The van der Waals surface area contributed by atoms with E-state index in [9.17, 15) is 15.0 Å². The molecule has 0 unspecified atom stereocenters. The van der Waals surface area contributed by atoms with Crippen molar-refractivity contribution in [2.24, 2.45) is 0 Å². The summed E-state index contributed by atoms with van der Waals surface area (Å²) in [4.78, 5) is 15.7. The second-order valence-electron chi connectivity index (χ2n) is 3.35. The quantitative estimate of drug-likeness (QED) is 0.643. The Balaban J connectivity index is 3.23. The highest BCUT2D eigenvalue weighted by atomic mass is 79.9. The summed E-state index contributed by atoms with van der Waals surface area (Å²) in [6, 6.07) is 1.54. The number of pyridine rings is 1. The van der Waals surface area contributed by atoms with Crippen LogP contribution >= 0.6 is 15.9 Å². The van der Waals surface area contributed by atoms with E-state index >= 15 is 0 Å². The minimum Gasteiger partial charge on any atom is -0.360 e. The van der Waals surface area contributed by atoms with Crippen molar-refractivity contribution >= 4 is 21.7 Å². The SMILES string of the molecule is CCc1ncc(Br)cc1C(=O)C(C)(O)O. The Hall–Kier alpha value is -0.780. The molecule has 82 valence electrons. The molecule has 5 heteroatoms. The second-order valence-corrected chi connectivity index (χ2v) is 4.27. The van der Waals surface area contributed by atoms with Crippen LogP contribution in [-0.4, -0.2) is 26.8 Å². The number of aliphatic hydroxyl groups is 2. The van der Waals surface area contributed by atoms with Gasteiger partial charge < -0.3 is 10.2 Å². The van der Waals surface area contributed by atoms with Crippen LogP contribution in [0.4, 0.5) is 0 Å². The average molecular weight is 274 g/mol. The van der Waals surface area contributed by atoms with Gasteiger partial charge in [-0.15, -0.1) is 0 Å². The Labute approximate surface area is 96.1 Å². The highest BCUT2D eigenvalue weighted by molar-refractivity contribution is 9.10. The number of rotatable bonds is 3. The molecule has 0 saturated carbocycles. The van der Waals surface area contributed by atoms with E-state index in [2.05, 4.69) is 20.9 Å². The lowest BCUT2D eigenvalue weighted by Crippen LogP contribution is -2.35. The predicted molar refractivity (Wildman–Crippen MR) is 58.5 cm³/mol. The lowest BCUT2D eigenvalue weighted by atomic mass is 10.0. The number of aromatic nitrogens is 1. The average Bonchev–Trinajstić information content (AvgIpc) is 2.15. The van der Waals surface area contributed by atoms with E-state index in [0.29, 0.717) is 16.6 Å². The third-order valence-corrected chi connectivity index (χ3v) is 2.38. The van der Waals surface area contributed by atoms with Crippen LogP contribution in [0.5, 0.6) is 0 Å². The van der Waals surface area contributed by atoms with Gasteiger partial charge in [0.15, 0.2) is 0 Å². The van der Waals surface area contributed by atoms with Crippen LogP contribution in [0.1, 0.15) is 29.9 Å². The Morgan fingerprint density at radius 3 is 2.67 bits per heavy atom. The van der Waals surface area contributed by atoms with Crippen molar-refractivity contribution in [1.82, 2.24) is 4.98 Å². The van der Waals surface area contributed by atoms with Gasteiger partial charge in [-0.3, -0.25) is 9.78 Å². The molecule has 0 amide bonds. The predicted octanol–water partition coefficient (Wildman–Crippen LogP) is 1.29. The number of halogens is 1. The summed E-state index contributed by atoms with van der Waals surface area (Å²) >= 11 is 3.18. The Morgan fingerprint density at radius 2 is 2.20 bits per heavy atom. The fraction of sp³-hybridized carbons (Fsp3) is 0.400. The molecular formula is C10H12BrNO3. The summed E-state index contributed by atoms with van der Waals surface area (Å²) in [7, 11) is 0. The van der Waals surface area contributed by atoms with Gasteiger partial charge in [0.1, 0.15) is 0 Å². The van der Waals surface area contributed by atoms with E-state index in [4.69, 9.17) is 0 Å². The summed E-state index contributed by atoms with van der Waals surface area (Å²) in [6.07, 6.45) is 2.13. The molecule has 4 nitrogen and oxygen atoms in total. The highest BCUT2D eigenvalue weighted by Gasteiger charge is 2.30. The molecule has 2 N–H and O–H groups in total. The van der Waals surface area contributed by atoms with Crippen LogP contribution < -0.4 is 0 Å². The number of ketones is 1. The maximum atomic E-state index is 11.6. The van der Waals surface area contributed by atoms with Crippen molar-refractivity contribution < 1.29 is 15.0 Å². The zero-order valence-corrected chi connectivity index (χ0v) is 10.1. The standard InChI is InChI=1S/C10H12BrNO3/c1-3-8-7(4-6(11)5-12-8)9(13)10(2,14)15/h4-5,14-15H,3H2,1-2H3. The number of carbonyl (C=O) groups excluding carboxylic acids is 1. The van der Waals surface area contributed by atoms with Crippen LogP contribution in [0.2, 0.25) is 0 Å². The third kappa shape index (κ3) is 2.84. The Morgan fingerprint density at radius 1 is 1.60 bits per heavy atom. The van der Waals surface area contributed by atoms with Crippen molar-refractivity contribution in [3.8, 4) is 0 Å². The van der Waals surface area contributed by atoms with Gasteiger partial charge in [0.05, 0.1) is 5.69 Å². The van der Waals surface area contributed by atoms with E-state index < -0.39 is 11.6 Å². The monoisotopic (exact) mass is 273 g/mol. The normalized spacial score (nSPS) is 11.5. The molecule has 1 rings (SSSR count). The van der Waals surface area contributed by atoms with Crippen LogP contribution in [0.15, 0.2) is 16.7 Å². The third-order valence-electron chi connectivity index (χ3n) is 1.95. The van der Waals surface area contributed by atoms with Gasteiger partial charge in [0.2, 0.25) is 11.6 Å². The van der Waals surface area contributed by atoms with Crippen molar-refractivity contribution in [3.05, 3.63) is 28.0 Å². The molecule has 1 aromatic heterocycles. The summed E-state index contributed by atoms with van der Waals surface area (Å²) in [6.45, 7) is 2.88. The molecule has 0 bridgehead atoms. The number of Topliss-reactive ketones (excluding diaryl/α,β-unsaturated/α-hetero) is 1. The molecule has 1 aromatic rings. The summed E-state index contributed by atoms with van der Waals surface area (Å²) < 4.78 is 0.632. The zero-order valence-electron chi connectivity index (χ0n) is 8.49. The molecule has 0 atom stereocenters. The first-order valence-electron chi connectivity index (χ1n) is 4.50. The molecule has 0 aliphatic rings. The highest BCUT2D eigenvalue weighted by Crippen LogP contribution is 2.18. The topological polar surface area (TPSA) is 70.4 Å². The molecule has 0 fully saturated rings. The largest absolute Gasteiger partial charge is 0.360 e. The van der Waals surface area contributed by atoms with Gasteiger partial charge in [0.25, 0.3) is 0 Å². The van der Waals surface area contributed by atoms with Crippen LogP contribution in [0.3, 0.4) is 0 Å². The van der Waals surface area contributed by atoms with Crippen molar-refractivity contribution in [2.75, 3.05) is 0 Å². The first kappa shape index (κ1) is 12.3. The number of carbonyl (C=O) groups is 1. The molecule has 1 heterocycles. The first-order valence-corrected chi connectivity index (χ1v) is 5.29. The van der Waals surface area contributed by atoms with Gasteiger partial charge >= 0.3 is 0 Å². The molecule has 0 saturated heterocycles. The van der Waals surface area contributed by atoms with Crippen LogP contribution in [0, 0.1) is 0 Å². The van der Waals surface area contributed by atoms with E-state index in [1.54, 1.807) is 12.3 Å².